The number of nitrogens with zero attached hydrogens (tertiary/aromatic N) is 2. The zero-order valence-electron chi connectivity index (χ0n) is 8.65. The average molecular weight is 205 g/mol. The van der Waals surface area contributed by atoms with Crippen molar-refractivity contribution in [2.24, 2.45) is 5.73 Å². The lowest BCUT2D eigenvalue weighted by atomic mass is 10.2. The maximum absolute atomic E-state index is 5.63. The Morgan fingerprint density at radius 2 is 2.13 bits per heavy atom. The molecule has 0 atom stereocenters. The lowest BCUT2D eigenvalue weighted by Crippen LogP contribution is -2.36. The van der Waals surface area contributed by atoms with E-state index in [-0.39, 0.29) is 0 Å². The van der Waals surface area contributed by atoms with E-state index >= 15 is 0 Å². The van der Waals surface area contributed by atoms with Gasteiger partial charge in [-0.2, -0.15) is 0 Å². The van der Waals surface area contributed by atoms with Gasteiger partial charge in [-0.1, -0.05) is 6.58 Å². The van der Waals surface area contributed by atoms with Gasteiger partial charge in [-0.05, 0) is 6.07 Å². The maximum Gasteiger partial charge on any atom is 0.0642 e. The van der Waals surface area contributed by atoms with Gasteiger partial charge >= 0.3 is 0 Å². The highest BCUT2D eigenvalue weighted by molar-refractivity contribution is 5.63. The maximum atomic E-state index is 5.63. The SMILES string of the molecule is C=C(N)c1cncc(N2CCOCC2)c1. The third-order valence-electron chi connectivity index (χ3n) is 2.47. The van der Waals surface area contributed by atoms with Crippen LogP contribution >= 0.6 is 0 Å². The molecule has 0 saturated carbocycles. The Morgan fingerprint density at radius 3 is 2.80 bits per heavy atom. The van der Waals surface area contributed by atoms with Gasteiger partial charge in [0.2, 0.25) is 0 Å². The minimum absolute atomic E-state index is 0.553. The molecule has 2 rings (SSSR count). The van der Waals surface area contributed by atoms with E-state index < -0.39 is 0 Å². The highest BCUT2D eigenvalue weighted by atomic mass is 16.5. The fourth-order valence-corrected chi connectivity index (χ4v) is 1.60. The molecule has 0 spiro atoms. The number of morpholine rings is 1. The quantitative estimate of drug-likeness (QED) is 0.777. The summed E-state index contributed by atoms with van der Waals surface area (Å²) in [5, 5.41) is 0. The summed E-state index contributed by atoms with van der Waals surface area (Å²) >= 11 is 0. The Morgan fingerprint density at radius 1 is 1.40 bits per heavy atom. The van der Waals surface area contributed by atoms with E-state index in [1.807, 2.05) is 12.3 Å². The minimum Gasteiger partial charge on any atom is -0.399 e. The summed E-state index contributed by atoms with van der Waals surface area (Å²) < 4.78 is 5.29. The van der Waals surface area contributed by atoms with E-state index in [0.717, 1.165) is 37.6 Å². The fraction of sp³-hybridized carbons (Fsp3) is 0.364. The van der Waals surface area contributed by atoms with Crippen molar-refractivity contribution in [1.82, 2.24) is 4.98 Å². The molecule has 1 aromatic heterocycles. The number of pyridine rings is 1. The molecule has 1 saturated heterocycles. The predicted octanol–water partition coefficient (Wildman–Crippen LogP) is 0.848. The van der Waals surface area contributed by atoms with Crippen LogP contribution in [0.3, 0.4) is 0 Å². The van der Waals surface area contributed by atoms with Crippen molar-refractivity contribution >= 4 is 11.4 Å². The van der Waals surface area contributed by atoms with E-state index in [4.69, 9.17) is 10.5 Å². The number of aromatic nitrogens is 1. The summed E-state index contributed by atoms with van der Waals surface area (Å²) in [6.07, 6.45) is 3.57. The first kappa shape index (κ1) is 9.98. The van der Waals surface area contributed by atoms with Crippen LogP contribution in [0.25, 0.3) is 5.70 Å². The third-order valence-corrected chi connectivity index (χ3v) is 2.47. The topological polar surface area (TPSA) is 51.4 Å². The second-order valence-corrected chi connectivity index (χ2v) is 3.56. The molecular formula is C11H15N3O. The zero-order chi connectivity index (χ0) is 10.7. The molecule has 15 heavy (non-hydrogen) atoms. The summed E-state index contributed by atoms with van der Waals surface area (Å²) in [4.78, 5) is 6.40. The van der Waals surface area contributed by atoms with Gasteiger partial charge in [-0.25, -0.2) is 0 Å². The summed E-state index contributed by atoms with van der Waals surface area (Å²) in [6, 6.07) is 2.01. The zero-order valence-corrected chi connectivity index (χ0v) is 8.65. The Labute approximate surface area is 89.4 Å². The van der Waals surface area contributed by atoms with E-state index in [1.165, 1.54) is 0 Å². The number of ether oxygens (including phenoxy) is 1. The summed E-state index contributed by atoms with van der Waals surface area (Å²) in [7, 11) is 0. The normalized spacial score (nSPS) is 16.4. The van der Waals surface area contributed by atoms with Gasteiger partial charge in [0, 0.05) is 30.5 Å². The summed E-state index contributed by atoms with van der Waals surface area (Å²) in [6.45, 7) is 7.06. The molecule has 1 fully saturated rings. The lowest BCUT2D eigenvalue weighted by Gasteiger charge is -2.28. The van der Waals surface area contributed by atoms with Crippen molar-refractivity contribution < 1.29 is 4.74 Å². The van der Waals surface area contributed by atoms with Crippen molar-refractivity contribution in [3.8, 4) is 0 Å². The monoisotopic (exact) mass is 205 g/mol. The van der Waals surface area contributed by atoms with Gasteiger partial charge in [-0.3, -0.25) is 4.98 Å². The van der Waals surface area contributed by atoms with Gasteiger partial charge in [0.15, 0.2) is 0 Å². The van der Waals surface area contributed by atoms with Crippen LogP contribution in [-0.2, 0) is 4.74 Å². The fourth-order valence-electron chi connectivity index (χ4n) is 1.60. The number of hydrogen-bond donors (Lipinski definition) is 1. The smallest absolute Gasteiger partial charge is 0.0642 e. The van der Waals surface area contributed by atoms with Crippen LogP contribution in [0.4, 0.5) is 5.69 Å². The second kappa shape index (κ2) is 4.31. The highest BCUT2D eigenvalue weighted by Crippen LogP contribution is 2.17. The third kappa shape index (κ3) is 2.27. The van der Waals surface area contributed by atoms with Crippen LogP contribution in [0.15, 0.2) is 25.0 Å². The van der Waals surface area contributed by atoms with Gasteiger partial charge in [0.25, 0.3) is 0 Å². The van der Waals surface area contributed by atoms with Crippen LogP contribution in [0.2, 0.25) is 0 Å². The molecule has 2 N–H and O–H groups in total. The first-order valence-corrected chi connectivity index (χ1v) is 5.00. The van der Waals surface area contributed by atoms with Crippen LogP contribution in [0.5, 0.6) is 0 Å². The van der Waals surface area contributed by atoms with E-state index in [1.54, 1.807) is 6.20 Å². The van der Waals surface area contributed by atoms with Crippen molar-refractivity contribution in [2.75, 3.05) is 31.2 Å². The van der Waals surface area contributed by atoms with E-state index in [9.17, 15) is 0 Å². The molecule has 1 aliphatic heterocycles. The van der Waals surface area contributed by atoms with Crippen LogP contribution in [0, 0.1) is 0 Å². The molecule has 0 radical (unpaired) electrons. The Hall–Kier alpha value is -1.55. The summed E-state index contributed by atoms with van der Waals surface area (Å²) in [5.41, 5.74) is 8.16. The predicted molar refractivity (Wildman–Crippen MR) is 60.5 cm³/mol. The molecule has 1 aliphatic rings. The van der Waals surface area contributed by atoms with E-state index in [0.29, 0.717) is 5.70 Å². The number of rotatable bonds is 2. The standard InChI is InChI=1S/C11H15N3O/c1-9(12)10-6-11(8-13-7-10)14-2-4-15-5-3-14/h6-8H,1-5,12H2. The highest BCUT2D eigenvalue weighted by Gasteiger charge is 2.11. The van der Waals surface area contributed by atoms with Gasteiger partial charge < -0.3 is 15.4 Å². The molecule has 0 aromatic carbocycles. The minimum atomic E-state index is 0.553. The molecule has 1 aromatic rings. The van der Waals surface area contributed by atoms with Crippen molar-refractivity contribution in [2.45, 2.75) is 0 Å². The largest absolute Gasteiger partial charge is 0.399 e. The van der Waals surface area contributed by atoms with Gasteiger partial charge in [0.05, 0.1) is 25.1 Å². The van der Waals surface area contributed by atoms with Crippen LogP contribution < -0.4 is 10.6 Å². The molecule has 80 valence electrons. The molecule has 4 heteroatoms. The van der Waals surface area contributed by atoms with Gasteiger partial charge in [-0.15, -0.1) is 0 Å². The Kier molecular flexibility index (Phi) is 2.87. The van der Waals surface area contributed by atoms with Crippen molar-refractivity contribution in [1.29, 1.82) is 0 Å². The lowest BCUT2D eigenvalue weighted by molar-refractivity contribution is 0.122. The molecule has 2 heterocycles. The van der Waals surface area contributed by atoms with Gasteiger partial charge in [0.1, 0.15) is 0 Å². The number of anilines is 1. The first-order chi connectivity index (χ1) is 7.27. The molecule has 0 bridgehead atoms. The Bertz CT molecular complexity index is 359. The number of nitrogens with two attached hydrogens (primary N) is 1. The van der Waals surface area contributed by atoms with Crippen LogP contribution in [0.1, 0.15) is 5.56 Å². The average Bonchev–Trinajstić information content (AvgIpc) is 2.30. The summed E-state index contributed by atoms with van der Waals surface area (Å²) in [5.74, 6) is 0. The molecular weight excluding hydrogens is 190 g/mol. The van der Waals surface area contributed by atoms with Crippen LogP contribution in [-0.4, -0.2) is 31.3 Å². The molecule has 0 aliphatic carbocycles. The Balaban J connectivity index is 2.19. The molecule has 0 amide bonds. The first-order valence-electron chi connectivity index (χ1n) is 5.00. The van der Waals surface area contributed by atoms with Crippen molar-refractivity contribution in [3.63, 3.8) is 0 Å². The van der Waals surface area contributed by atoms with Crippen molar-refractivity contribution in [3.05, 3.63) is 30.6 Å². The van der Waals surface area contributed by atoms with E-state index in [2.05, 4.69) is 16.5 Å². The number of hydrogen-bond acceptors (Lipinski definition) is 4. The molecule has 4 nitrogen and oxygen atoms in total. The second-order valence-electron chi connectivity index (χ2n) is 3.56. The molecule has 0 unspecified atom stereocenters.